The van der Waals surface area contributed by atoms with Crippen LogP contribution in [0.15, 0.2) is 52.2 Å². The molecule has 186 valence electrons. The van der Waals surface area contributed by atoms with Crippen LogP contribution in [0.5, 0.6) is 0 Å². The second-order valence-corrected chi connectivity index (χ2v) is 11.6. The largest absolute Gasteiger partial charge is 0.314 e. The number of thioether (sulfide) groups is 1. The number of hydrogen-bond donors (Lipinski definition) is 1. The summed E-state index contributed by atoms with van der Waals surface area (Å²) in [4.78, 5) is 17.6. The van der Waals surface area contributed by atoms with E-state index in [1.165, 1.54) is 30.5 Å². The molecule has 1 aliphatic rings. The number of benzene rings is 2. The van der Waals surface area contributed by atoms with Crippen molar-refractivity contribution in [1.29, 1.82) is 0 Å². The highest BCUT2D eigenvalue weighted by molar-refractivity contribution is 8.01. The molecule has 0 unspecified atom stereocenters. The molecule has 10 heteroatoms. The molecule has 0 atom stereocenters. The fraction of sp³-hybridized carbons (Fsp3) is 0.400. The lowest BCUT2D eigenvalue weighted by atomic mass is 10.0. The van der Waals surface area contributed by atoms with E-state index in [4.69, 9.17) is 23.2 Å². The third kappa shape index (κ3) is 7.90. The normalized spacial score (nSPS) is 14.9. The van der Waals surface area contributed by atoms with E-state index in [1.54, 1.807) is 35.2 Å². The van der Waals surface area contributed by atoms with Gasteiger partial charge in [-0.25, -0.2) is 4.98 Å². The molecule has 1 aromatic heterocycles. The minimum atomic E-state index is -0.385. The van der Waals surface area contributed by atoms with Gasteiger partial charge in [0, 0.05) is 41.4 Å². The van der Waals surface area contributed by atoms with Gasteiger partial charge in [0.25, 0.3) is 5.69 Å². The molecule has 3 aromatic rings. The van der Waals surface area contributed by atoms with Crippen molar-refractivity contribution in [2.75, 3.05) is 25.4 Å². The first-order valence-corrected chi connectivity index (χ1v) is 14.3. The van der Waals surface area contributed by atoms with Gasteiger partial charge in [-0.15, -0.1) is 11.3 Å². The van der Waals surface area contributed by atoms with E-state index in [1.807, 2.05) is 17.5 Å². The number of hydrogen-bond acceptors (Lipinski definition) is 7. The van der Waals surface area contributed by atoms with E-state index < -0.39 is 0 Å². The van der Waals surface area contributed by atoms with Crippen molar-refractivity contribution in [1.82, 2.24) is 15.2 Å². The van der Waals surface area contributed by atoms with Gasteiger partial charge in [0.15, 0.2) is 4.34 Å². The van der Waals surface area contributed by atoms with Gasteiger partial charge in [-0.1, -0.05) is 41.0 Å². The molecular formula is C25H28Cl2N4O2S2. The van der Waals surface area contributed by atoms with Crippen LogP contribution in [0.25, 0.3) is 11.3 Å². The standard InChI is InChI=1S/C25H28Cl2N4O2S2/c26-22-8-3-18(15-23(22)27)16-30-12-9-20(10-13-30)28-11-1-2-14-34-25-29-24(17-35-25)19-4-6-21(7-5-19)31(32)33/h3-8,15,17,20,28H,1-2,9-14,16H2. The minimum Gasteiger partial charge on any atom is -0.314 e. The fourth-order valence-corrected chi connectivity index (χ4v) is 6.32. The van der Waals surface area contributed by atoms with Crippen molar-refractivity contribution in [2.45, 2.75) is 42.6 Å². The van der Waals surface area contributed by atoms with E-state index in [9.17, 15) is 10.1 Å². The van der Waals surface area contributed by atoms with Gasteiger partial charge in [0.05, 0.1) is 20.7 Å². The summed E-state index contributed by atoms with van der Waals surface area (Å²) in [5.41, 5.74) is 3.09. The predicted octanol–water partition coefficient (Wildman–Crippen LogP) is 7.15. The number of nitro groups is 1. The van der Waals surface area contributed by atoms with Gasteiger partial charge in [-0.2, -0.15) is 0 Å². The van der Waals surface area contributed by atoms with Crippen LogP contribution in [0.4, 0.5) is 5.69 Å². The summed E-state index contributed by atoms with van der Waals surface area (Å²) in [6.45, 7) is 4.15. The van der Waals surface area contributed by atoms with Crippen LogP contribution in [0, 0.1) is 10.1 Å². The maximum absolute atomic E-state index is 10.8. The lowest BCUT2D eigenvalue weighted by Crippen LogP contribution is -2.42. The molecule has 0 aliphatic carbocycles. The zero-order valence-electron chi connectivity index (χ0n) is 19.3. The Bertz CT molecular complexity index is 1120. The fourth-order valence-electron chi connectivity index (χ4n) is 4.09. The molecule has 4 rings (SSSR count). The van der Waals surface area contributed by atoms with Gasteiger partial charge in [-0.05, 0) is 75.1 Å². The highest BCUT2D eigenvalue weighted by Crippen LogP contribution is 2.30. The summed E-state index contributed by atoms with van der Waals surface area (Å²) >= 11 is 15.6. The Morgan fingerprint density at radius 3 is 2.60 bits per heavy atom. The molecule has 1 fully saturated rings. The first-order valence-electron chi connectivity index (χ1n) is 11.7. The number of thiazole rings is 1. The Hall–Kier alpha value is -1.68. The second kappa shape index (κ2) is 13.0. The number of rotatable bonds is 11. The SMILES string of the molecule is O=[N+]([O-])c1ccc(-c2csc(SCCCCNC3CCN(Cc4ccc(Cl)c(Cl)c4)CC3)n2)cc1. The van der Waals surface area contributed by atoms with Gasteiger partial charge >= 0.3 is 0 Å². The highest BCUT2D eigenvalue weighted by atomic mass is 35.5. The molecule has 0 bridgehead atoms. The molecule has 1 N–H and O–H groups in total. The zero-order valence-corrected chi connectivity index (χ0v) is 22.4. The Labute approximate surface area is 224 Å². The van der Waals surface area contributed by atoms with E-state index in [-0.39, 0.29) is 10.6 Å². The Morgan fingerprint density at radius 1 is 1.11 bits per heavy atom. The van der Waals surface area contributed by atoms with Crippen molar-refractivity contribution in [3.8, 4) is 11.3 Å². The number of likely N-dealkylation sites (tertiary alicyclic amines) is 1. The molecule has 2 heterocycles. The molecule has 0 spiro atoms. The van der Waals surface area contributed by atoms with Crippen LogP contribution in [0.3, 0.4) is 0 Å². The lowest BCUT2D eigenvalue weighted by molar-refractivity contribution is -0.384. The van der Waals surface area contributed by atoms with Crippen molar-refractivity contribution in [3.05, 3.63) is 73.6 Å². The minimum absolute atomic E-state index is 0.0982. The number of nitrogens with zero attached hydrogens (tertiary/aromatic N) is 3. The van der Waals surface area contributed by atoms with E-state index in [2.05, 4.69) is 21.3 Å². The molecule has 6 nitrogen and oxygen atoms in total. The number of halogens is 2. The summed E-state index contributed by atoms with van der Waals surface area (Å²) in [7, 11) is 0. The third-order valence-electron chi connectivity index (χ3n) is 6.06. The van der Waals surface area contributed by atoms with Gasteiger partial charge in [0.1, 0.15) is 0 Å². The van der Waals surface area contributed by atoms with Gasteiger partial charge in [0.2, 0.25) is 0 Å². The van der Waals surface area contributed by atoms with Crippen LogP contribution in [-0.4, -0.2) is 46.2 Å². The molecule has 0 saturated carbocycles. The van der Waals surface area contributed by atoms with Gasteiger partial charge < -0.3 is 5.32 Å². The average molecular weight is 552 g/mol. The predicted molar refractivity (Wildman–Crippen MR) is 147 cm³/mol. The zero-order chi connectivity index (χ0) is 24.6. The number of piperidine rings is 1. The van der Waals surface area contributed by atoms with Crippen LogP contribution in [-0.2, 0) is 6.54 Å². The smallest absolute Gasteiger partial charge is 0.269 e. The van der Waals surface area contributed by atoms with Crippen LogP contribution < -0.4 is 5.32 Å². The van der Waals surface area contributed by atoms with Crippen LogP contribution in [0.2, 0.25) is 10.0 Å². The molecule has 1 aliphatic heterocycles. The lowest BCUT2D eigenvalue weighted by Gasteiger charge is -2.32. The van der Waals surface area contributed by atoms with Crippen LogP contribution >= 0.6 is 46.3 Å². The molecule has 0 radical (unpaired) electrons. The summed E-state index contributed by atoms with van der Waals surface area (Å²) in [5.74, 6) is 1.04. The average Bonchev–Trinajstić information content (AvgIpc) is 3.33. The molecule has 1 saturated heterocycles. The summed E-state index contributed by atoms with van der Waals surface area (Å²) in [5, 5.41) is 17.8. The summed E-state index contributed by atoms with van der Waals surface area (Å²) in [6.07, 6.45) is 4.62. The highest BCUT2D eigenvalue weighted by Gasteiger charge is 2.19. The molecular weight excluding hydrogens is 523 g/mol. The first-order chi connectivity index (χ1) is 17.0. The van der Waals surface area contributed by atoms with E-state index in [0.717, 1.165) is 60.4 Å². The van der Waals surface area contributed by atoms with Crippen molar-refractivity contribution in [2.24, 2.45) is 0 Å². The third-order valence-corrected chi connectivity index (χ3v) is 8.91. The maximum atomic E-state index is 10.8. The van der Waals surface area contributed by atoms with E-state index >= 15 is 0 Å². The number of non-ortho nitro benzene ring substituents is 1. The number of unbranched alkanes of at least 4 members (excludes halogenated alkanes) is 1. The Morgan fingerprint density at radius 2 is 1.89 bits per heavy atom. The number of nitrogens with one attached hydrogen (secondary N) is 1. The Kier molecular flexibility index (Phi) is 9.83. The first kappa shape index (κ1) is 26.4. The maximum Gasteiger partial charge on any atom is 0.269 e. The summed E-state index contributed by atoms with van der Waals surface area (Å²) in [6, 6.07) is 13.0. The van der Waals surface area contributed by atoms with Crippen molar-refractivity contribution >= 4 is 52.0 Å². The van der Waals surface area contributed by atoms with Crippen molar-refractivity contribution in [3.63, 3.8) is 0 Å². The monoisotopic (exact) mass is 550 g/mol. The van der Waals surface area contributed by atoms with Crippen LogP contribution in [0.1, 0.15) is 31.2 Å². The van der Waals surface area contributed by atoms with E-state index in [0.29, 0.717) is 16.1 Å². The second-order valence-electron chi connectivity index (χ2n) is 8.61. The molecule has 2 aromatic carbocycles. The molecule has 0 amide bonds. The van der Waals surface area contributed by atoms with Gasteiger partial charge in [-0.3, -0.25) is 15.0 Å². The topological polar surface area (TPSA) is 71.3 Å². The quantitative estimate of drug-likeness (QED) is 0.118. The molecule has 35 heavy (non-hydrogen) atoms. The number of aromatic nitrogens is 1. The van der Waals surface area contributed by atoms with Crippen molar-refractivity contribution < 1.29 is 4.92 Å². The summed E-state index contributed by atoms with van der Waals surface area (Å²) < 4.78 is 1.04. The number of nitro benzene ring substituents is 1. The Balaban J connectivity index is 1.08.